The van der Waals surface area contributed by atoms with Gasteiger partial charge in [-0.2, -0.15) is 0 Å². The lowest BCUT2D eigenvalue weighted by atomic mass is 9.87. The van der Waals surface area contributed by atoms with Crippen LogP contribution in [0.4, 0.5) is 20.2 Å². The van der Waals surface area contributed by atoms with Crippen LogP contribution < -0.4 is 14.2 Å². The molecule has 0 spiro atoms. The molecular weight excluding hydrogens is 512 g/mol. The van der Waals surface area contributed by atoms with Crippen molar-refractivity contribution in [2.75, 3.05) is 15.2 Å². The van der Waals surface area contributed by atoms with Crippen LogP contribution in [0, 0.1) is 18.6 Å². The Balaban J connectivity index is 1.98. The number of hydrogen-bond donors (Lipinski definition) is 3. The van der Waals surface area contributed by atoms with Crippen molar-refractivity contribution in [3.8, 4) is 22.6 Å². The van der Waals surface area contributed by atoms with Gasteiger partial charge in [-0.15, -0.1) is 0 Å². The molecule has 0 amide bonds. The molecule has 2 aromatic carbocycles. The molecule has 8 nitrogen and oxygen atoms in total. The molecule has 0 aliphatic heterocycles. The number of nitrogens with zero attached hydrogens (tertiary/aromatic N) is 1. The van der Waals surface area contributed by atoms with Gasteiger partial charge in [-0.1, -0.05) is 0 Å². The van der Waals surface area contributed by atoms with Gasteiger partial charge in [0.15, 0.2) is 11.6 Å². The average molecular weight is 538 g/mol. The first-order valence-electron chi connectivity index (χ1n) is 11.3. The molecule has 1 aliphatic rings. The van der Waals surface area contributed by atoms with Crippen molar-refractivity contribution in [2.24, 2.45) is 0 Å². The first kappa shape index (κ1) is 25.8. The van der Waals surface area contributed by atoms with Gasteiger partial charge in [0.25, 0.3) is 0 Å². The number of hydrogen-bond acceptors (Lipinski definition) is 6. The number of ether oxygens (including phenoxy) is 1. The highest BCUT2D eigenvalue weighted by atomic mass is 32.2. The SMILES string of the molecule is CCS(=O)(=O)Nc1ccc(Oc2ccc(F)cc2F)c(-c2c3c(nc(C)c2N[SH](=O)=O)CCCC3)c1. The van der Waals surface area contributed by atoms with Crippen molar-refractivity contribution in [3.05, 3.63) is 65.0 Å². The summed E-state index contributed by atoms with van der Waals surface area (Å²) >= 11 is 0. The summed E-state index contributed by atoms with van der Waals surface area (Å²) in [5, 5.41) is 0. The third-order valence-electron chi connectivity index (χ3n) is 5.87. The molecule has 0 saturated carbocycles. The molecule has 12 heteroatoms. The minimum Gasteiger partial charge on any atom is -0.454 e. The number of aromatic nitrogens is 1. The van der Waals surface area contributed by atoms with Crippen molar-refractivity contribution in [1.82, 2.24) is 4.98 Å². The lowest BCUT2D eigenvalue weighted by Gasteiger charge is -2.24. The van der Waals surface area contributed by atoms with Crippen LogP contribution in [0.2, 0.25) is 0 Å². The number of rotatable bonds is 8. The van der Waals surface area contributed by atoms with E-state index in [1.165, 1.54) is 25.1 Å². The summed E-state index contributed by atoms with van der Waals surface area (Å²) in [5.74, 6) is -1.97. The van der Waals surface area contributed by atoms with Gasteiger partial charge >= 0.3 is 0 Å². The molecule has 0 radical (unpaired) electrons. The third-order valence-corrected chi connectivity index (χ3v) is 7.59. The van der Waals surface area contributed by atoms with Gasteiger partial charge in [-0.3, -0.25) is 14.4 Å². The van der Waals surface area contributed by atoms with Gasteiger partial charge in [0.05, 0.1) is 17.1 Å². The topological polar surface area (TPSA) is 114 Å². The largest absolute Gasteiger partial charge is 0.454 e. The first-order valence-corrected chi connectivity index (χ1v) is 14.1. The monoisotopic (exact) mass is 537 g/mol. The molecule has 0 atom stereocenters. The fourth-order valence-electron chi connectivity index (χ4n) is 4.20. The third kappa shape index (κ3) is 5.59. The maximum absolute atomic E-state index is 14.4. The molecule has 1 aromatic heterocycles. The van der Waals surface area contributed by atoms with Crippen LogP contribution in [0.15, 0.2) is 36.4 Å². The number of halogens is 2. The van der Waals surface area contributed by atoms with E-state index in [4.69, 9.17) is 4.74 Å². The summed E-state index contributed by atoms with van der Waals surface area (Å²) in [6.07, 6.45) is 3.07. The number of nitrogens with one attached hydrogen (secondary N) is 2. The molecule has 4 rings (SSSR count). The summed E-state index contributed by atoms with van der Waals surface area (Å²) in [4.78, 5) is 4.60. The van der Waals surface area contributed by atoms with E-state index in [1.54, 1.807) is 6.92 Å². The molecule has 0 bridgehead atoms. The Morgan fingerprint density at radius 1 is 1.06 bits per heavy atom. The van der Waals surface area contributed by atoms with E-state index in [1.807, 2.05) is 0 Å². The lowest BCUT2D eigenvalue weighted by Crippen LogP contribution is -2.15. The maximum atomic E-state index is 14.4. The normalized spacial score (nSPS) is 13.4. The molecule has 36 heavy (non-hydrogen) atoms. The van der Waals surface area contributed by atoms with E-state index in [-0.39, 0.29) is 28.6 Å². The van der Waals surface area contributed by atoms with Gasteiger partial charge in [0.1, 0.15) is 11.6 Å². The fourth-order valence-corrected chi connectivity index (χ4v) is 5.29. The van der Waals surface area contributed by atoms with Gasteiger partial charge in [-0.25, -0.2) is 25.6 Å². The molecule has 1 aliphatic carbocycles. The molecule has 192 valence electrons. The molecule has 1 heterocycles. The second-order valence-corrected chi connectivity index (χ2v) is 11.1. The van der Waals surface area contributed by atoms with Crippen molar-refractivity contribution >= 4 is 32.3 Å². The summed E-state index contributed by atoms with van der Waals surface area (Å²) in [5.41, 5.74) is 3.29. The summed E-state index contributed by atoms with van der Waals surface area (Å²) in [7, 11) is -6.68. The van der Waals surface area contributed by atoms with Gasteiger partial charge in [0, 0.05) is 28.6 Å². The minimum atomic E-state index is -3.63. The lowest BCUT2D eigenvalue weighted by molar-refractivity contribution is 0.439. The Labute approximate surface area is 209 Å². The number of benzene rings is 2. The number of anilines is 2. The highest BCUT2D eigenvalue weighted by Gasteiger charge is 2.25. The van der Waals surface area contributed by atoms with Crippen LogP contribution in [0.1, 0.15) is 36.7 Å². The van der Waals surface area contributed by atoms with Crippen molar-refractivity contribution in [1.29, 1.82) is 0 Å². The Hall–Kier alpha value is -3.25. The van der Waals surface area contributed by atoms with E-state index < -0.39 is 32.5 Å². The predicted molar refractivity (Wildman–Crippen MR) is 135 cm³/mol. The van der Waals surface area contributed by atoms with E-state index in [9.17, 15) is 25.6 Å². The molecular formula is C24H25F2N3O5S2. The highest BCUT2D eigenvalue weighted by Crippen LogP contribution is 2.44. The number of fused-ring (bicyclic) bond motifs is 1. The van der Waals surface area contributed by atoms with Crippen molar-refractivity contribution in [2.45, 2.75) is 39.5 Å². The number of thiol groups is 1. The predicted octanol–water partition coefficient (Wildman–Crippen LogP) is 4.71. The number of sulfonamides is 1. The Kier molecular flexibility index (Phi) is 7.46. The van der Waals surface area contributed by atoms with Crippen LogP contribution in [-0.2, 0) is 33.8 Å². The Morgan fingerprint density at radius 3 is 2.47 bits per heavy atom. The maximum Gasteiger partial charge on any atom is 0.232 e. The fraction of sp³-hybridized carbons (Fsp3) is 0.292. The summed E-state index contributed by atoms with van der Waals surface area (Å²) < 4.78 is 86.6. The van der Waals surface area contributed by atoms with Gasteiger partial charge < -0.3 is 4.74 Å². The highest BCUT2D eigenvalue weighted by molar-refractivity contribution is 7.92. The Morgan fingerprint density at radius 2 is 1.78 bits per heavy atom. The van der Waals surface area contributed by atoms with Crippen LogP contribution in [0.25, 0.3) is 11.1 Å². The Bertz CT molecular complexity index is 1500. The summed E-state index contributed by atoms with van der Waals surface area (Å²) in [6.45, 7) is 3.16. The van der Waals surface area contributed by atoms with E-state index in [2.05, 4.69) is 14.4 Å². The molecule has 0 saturated heterocycles. The number of aryl methyl sites for hydroxylation is 2. The second-order valence-electron chi connectivity index (χ2n) is 8.34. The van der Waals surface area contributed by atoms with Crippen molar-refractivity contribution < 1.29 is 30.4 Å². The smallest absolute Gasteiger partial charge is 0.232 e. The van der Waals surface area contributed by atoms with Gasteiger partial charge in [-0.05, 0) is 75.4 Å². The van der Waals surface area contributed by atoms with Crippen LogP contribution >= 0.6 is 0 Å². The molecule has 0 unspecified atom stereocenters. The number of pyridine rings is 1. The molecule has 3 aromatic rings. The minimum absolute atomic E-state index is 0.127. The summed E-state index contributed by atoms with van der Waals surface area (Å²) in [6, 6.07) is 7.30. The van der Waals surface area contributed by atoms with Crippen LogP contribution in [0.5, 0.6) is 11.5 Å². The standard InChI is InChI=1S/C24H25F2N3O5S2/c1-3-36(32,33)29-16-9-11-21(34-22-10-8-15(25)12-19(22)26)18(13-16)23-17-6-4-5-7-20(17)27-14(2)24(23)28-35(30)31/h8-13,29,35H,3-7H2,1-2H3,(H,28,30,31). The van der Waals surface area contributed by atoms with E-state index in [0.29, 0.717) is 35.7 Å². The average Bonchev–Trinajstić information content (AvgIpc) is 2.82. The molecule has 2 N–H and O–H groups in total. The van der Waals surface area contributed by atoms with E-state index >= 15 is 0 Å². The first-order chi connectivity index (χ1) is 17.1. The van der Waals surface area contributed by atoms with Gasteiger partial charge in [0.2, 0.25) is 20.9 Å². The zero-order chi connectivity index (χ0) is 26.0. The van der Waals surface area contributed by atoms with Crippen LogP contribution in [-0.4, -0.2) is 27.6 Å². The zero-order valence-corrected chi connectivity index (χ0v) is 21.3. The quantitative estimate of drug-likeness (QED) is 0.359. The second kappa shape index (κ2) is 10.4. The molecule has 0 fully saturated rings. The van der Waals surface area contributed by atoms with Crippen LogP contribution in [0.3, 0.4) is 0 Å². The zero-order valence-electron chi connectivity index (χ0n) is 19.6. The van der Waals surface area contributed by atoms with Crippen molar-refractivity contribution in [3.63, 3.8) is 0 Å². The van der Waals surface area contributed by atoms with E-state index in [0.717, 1.165) is 36.2 Å².